The summed E-state index contributed by atoms with van der Waals surface area (Å²) in [4.78, 5) is 11.6. The van der Waals surface area contributed by atoms with Gasteiger partial charge < -0.3 is 9.73 Å². The second-order valence-electron chi connectivity index (χ2n) is 3.47. The summed E-state index contributed by atoms with van der Waals surface area (Å²) in [6.07, 6.45) is 1.72. The molecule has 0 saturated carbocycles. The first-order valence-electron chi connectivity index (χ1n) is 5.13. The lowest BCUT2D eigenvalue weighted by atomic mass is 10.2. The van der Waals surface area contributed by atoms with Crippen molar-refractivity contribution in [2.24, 2.45) is 0 Å². The molecule has 1 rings (SSSR count). The molecule has 0 spiro atoms. The van der Waals surface area contributed by atoms with E-state index in [4.69, 9.17) is 4.42 Å². The fraction of sp³-hybridized carbons (Fsp3) is 0.545. The number of furan rings is 1. The molecule has 0 fully saturated rings. The molecule has 1 atom stereocenters. The average Bonchev–Trinajstić information content (AvgIpc) is 2.66. The topological polar surface area (TPSA) is 42.2 Å². The van der Waals surface area contributed by atoms with Gasteiger partial charge in [0.25, 0.3) is 5.91 Å². The van der Waals surface area contributed by atoms with Crippen molar-refractivity contribution in [2.45, 2.75) is 32.7 Å². The second-order valence-corrected chi connectivity index (χ2v) is 4.26. The summed E-state index contributed by atoms with van der Waals surface area (Å²) in [5.41, 5.74) is 0. The third-order valence-electron chi connectivity index (χ3n) is 2.15. The minimum atomic E-state index is -0.136. The van der Waals surface area contributed by atoms with E-state index in [0.29, 0.717) is 5.76 Å². The first-order valence-corrected chi connectivity index (χ1v) is 6.25. The highest BCUT2D eigenvalue weighted by molar-refractivity contribution is 9.09. The Morgan fingerprint density at radius 1 is 1.60 bits per heavy atom. The third kappa shape index (κ3) is 3.70. The molecule has 1 heterocycles. The molecule has 84 valence electrons. The van der Waals surface area contributed by atoms with Crippen LogP contribution in [0.25, 0.3) is 0 Å². The molecule has 1 aromatic heterocycles. The van der Waals surface area contributed by atoms with Crippen LogP contribution >= 0.6 is 15.9 Å². The van der Waals surface area contributed by atoms with Crippen molar-refractivity contribution in [3.63, 3.8) is 0 Å². The zero-order chi connectivity index (χ0) is 11.3. The molecular weight excluding hydrogens is 258 g/mol. The molecule has 0 radical (unpaired) electrons. The fourth-order valence-electron chi connectivity index (χ4n) is 1.22. The largest absolute Gasteiger partial charge is 0.456 e. The van der Waals surface area contributed by atoms with E-state index in [0.717, 1.165) is 23.9 Å². The number of carbonyl (C=O) groups excluding carboxylic acids is 1. The van der Waals surface area contributed by atoms with Crippen molar-refractivity contribution < 1.29 is 9.21 Å². The first-order chi connectivity index (χ1) is 7.17. The van der Waals surface area contributed by atoms with Gasteiger partial charge in [0, 0.05) is 17.8 Å². The number of nitrogens with one attached hydrogen (secondary N) is 1. The SMILES string of the molecule is CCc1ccc(C(=O)NC(C)CCBr)o1. The van der Waals surface area contributed by atoms with Crippen LogP contribution in [0, 0.1) is 0 Å². The third-order valence-corrected chi connectivity index (χ3v) is 2.61. The molecule has 3 nitrogen and oxygen atoms in total. The number of amides is 1. The van der Waals surface area contributed by atoms with Gasteiger partial charge in [-0.05, 0) is 25.5 Å². The Bertz CT molecular complexity index is 322. The smallest absolute Gasteiger partial charge is 0.287 e. The van der Waals surface area contributed by atoms with E-state index < -0.39 is 0 Å². The van der Waals surface area contributed by atoms with Gasteiger partial charge in [-0.25, -0.2) is 0 Å². The standard InChI is InChI=1S/C11H16BrNO2/c1-3-9-4-5-10(15-9)11(14)13-8(2)6-7-12/h4-5,8H,3,6-7H2,1-2H3,(H,13,14). The Kier molecular flexibility index (Phi) is 4.88. The highest BCUT2D eigenvalue weighted by Crippen LogP contribution is 2.08. The highest BCUT2D eigenvalue weighted by atomic mass is 79.9. The van der Waals surface area contributed by atoms with Gasteiger partial charge in [-0.2, -0.15) is 0 Å². The van der Waals surface area contributed by atoms with Crippen molar-refractivity contribution in [3.05, 3.63) is 23.7 Å². The predicted molar refractivity (Wildman–Crippen MR) is 63.4 cm³/mol. The summed E-state index contributed by atoms with van der Waals surface area (Å²) >= 11 is 3.34. The van der Waals surface area contributed by atoms with E-state index in [2.05, 4.69) is 21.2 Å². The van der Waals surface area contributed by atoms with Crippen LogP contribution in [0.3, 0.4) is 0 Å². The molecule has 0 aliphatic heterocycles. The lowest BCUT2D eigenvalue weighted by molar-refractivity contribution is 0.0910. The number of alkyl halides is 1. The van der Waals surface area contributed by atoms with Crippen LogP contribution in [0.4, 0.5) is 0 Å². The Labute approximate surface area is 98.4 Å². The fourth-order valence-corrected chi connectivity index (χ4v) is 1.91. The van der Waals surface area contributed by atoms with E-state index in [-0.39, 0.29) is 11.9 Å². The molecule has 0 saturated heterocycles. The van der Waals surface area contributed by atoms with Gasteiger partial charge in [-0.3, -0.25) is 4.79 Å². The van der Waals surface area contributed by atoms with Crippen LogP contribution in [-0.2, 0) is 6.42 Å². The van der Waals surface area contributed by atoms with Gasteiger partial charge in [-0.15, -0.1) is 0 Å². The summed E-state index contributed by atoms with van der Waals surface area (Å²) in [7, 11) is 0. The minimum absolute atomic E-state index is 0.136. The van der Waals surface area contributed by atoms with Crippen LogP contribution in [-0.4, -0.2) is 17.3 Å². The maximum atomic E-state index is 11.6. The van der Waals surface area contributed by atoms with Gasteiger partial charge in [-0.1, -0.05) is 22.9 Å². The van der Waals surface area contributed by atoms with Gasteiger partial charge in [0.2, 0.25) is 0 Å². The average molecular weight is 274 g/mol. The molecule has 15 heavy (non-hydrogen) atoms. The van der Waals surface area contributed by atoms with E-state index in [9.17, 15) is 4.79 Å². The number of carbonyl (C=O) groups is 1. The lowest BCUT2D eigenvalue weighted by Gasteiger charge is -2.10. The predicted octanol–water partition coefficient (Wildman–Crippen LogP) is 2.75. The number of hydrogen-bond acceptors (Lipinski definition) is 2. The maximum absolute atomic E-state index is 11.6. The molecule has 0 aliphatic carbocycles. The van der Waals surface area contributed by atoms with Gasteiger partial charge in [0.15, 0.2) is 5.76 Å². The number of hydrogen-bond donors (Lipinski definition) is 1. The molecule has 0 aromatic carbocycles. The zero-order valence-electron chi connectivity index (χ0n) is 9.05. The summed E-state index contributed by atoms with van der Waals surface area (Å²) in [5, 5.41) is 3.75. The quantitative estimate of drug-likeness (QED) is 0.839. The van der Waals surface area contributed by atoms with E-state index in [1.165, 1.54) is 0 Å². The van der Waals surface area contributed by atoms with Crippen molar-refractivity contribution in [2.75, 3.05) is 5.33 Å². The van der Waals surface area contributed by atoms with Crippen LogP contribution in [0.15, 0.2) is 16.5 Å². The highest BCUT2D eigenvalue weighted by Gasteiger charge is 2.12. The number of rotatable bonds is 5. The zero-order valence-corrected chi connectivity index (χ0v) is 10.6. The minimum Gasteiger partial charge on any atom is -0.456 e. The van der Waals surface area contributed by atoms with E-state index in [1.54, 1.807) is 6.07 Å². The second kappa shape index (κ2) is 5.95. The molecule has 0 aliphatic rings. The Hall–Kier alpha value is -0.770. The van der Waals surface area contributed by atoms with Crippen molar-refractivity contribution in [1.82, 2.24) is 5.32 Å². The molecule has 4 heteroatoms. The Morgan fingerprint density at radius 2 is 2.33 bits per heavy atom. The van der Waals surface area contributed by atoms with Gasteiger partial charge >= 0.3 is 0 Å². The Balaban J connectivity index is 2.53. The number of aryl methyl sites for hydroxylation is 1. The summed E-state index contributed by atoms with van der Waals surface area (Å²) in [6.45, 7) is 3.97. The molecule has 0 bridgehead atoms. The van der Waals surface area contributed by atoms with E-state index >= 15 is 0 Å². The first kappa shape index (κ1) is 12.3. The van der Waals surface area contributed by atoms with Crippen molar-refractivity contribution in [1.29, 1.82) is 0 Å². The van der Waals surface area contributed by atoms with Gasteiger partial charge in [0.05, 0.1) is 0 Å². The summed E-state index contributed by atoms with van der Waals surface area (Å²) in [6, 6.07) is 3.71. The monoisotopic (exact) mass is 273 g/mol. The number of halogens is 1. The molecule has 1 unspecified atom stereocenters. The lowest BCUT2D eigenvalue weighted by Crippen LogP contribution is -2.32. The Morgan fingerprint density at radius 3 is 2.87 bits per heavy atom. The molecular formula is C11H16BrNO2. The van der Waals surface area contributed by atoms with Crippen LogP contribution in [0.5, 0.6) is 0 Å². The summed E-state index contributed by atoms with van der Waals surface area (Å²) < 4.78 is 5.35. The van der Waals surface area contributed by atoms with Crippen molar-refractivity contribution in [3.8, 4) is 0 Å². The van der Waals surface area contributed by atoms with Crippen molar-refractivity contribution >= 4 is 21.8 Å². The molecule has 1 amide bonds. The van der Waals surface area contributed by atoms with Gasteiger partial charge in [0.1, 0.15) is 5.76 Å². The molecule has 1 N–H and O–H groups in total. The van der Waals surface area contributed by atoms with Crippen LogP contribution in [0.2, 0.25) is 0 Å². The van der Waals surface area contributed by atoms with Crippen LogP contribution in [0.1, 0.15) is 36.6 Å². The van der Waals surface area contributed by atoms with Crippen LogP contribution < -0.4 is 5.32 Å². The maximum Gasteiger partial charge on any atom is 0.287 e. The summed E-state index contributed by atoms with van der Waals surface area (Å²) in [5.74, 6) is 1.10. The molecule has 1 aromatic rings. The van der Waals surface area contributed by atoms with E-state index in [1.807, 2.05) is 19.9 Å². The normalized spacial score (nSPS) is 12.5.